The molecule has 3 aliphatic heterocycles. The van der Waals surface area contributed by atoms with Crippen molar-refractivity contribution in [2.24, 2.45) is 0 Å². The molecule has 0 saturated carbocycles. The van der Waals surface area contributed by atoms with Crippen molar-refractivity contribution in [3.8, 4) is 0 Å². The van der Waals surface area contributed by atoms with Gasteiger partial charge in [0.25, 0.3) is 0 Å². The highest BCUT2D eigenvalue weighted by atomic mass is 16.6. The summed E-state index contributed by atoms with van der Waals surface area (Å²) in [7, 11) is 0. The van der Waals surface area contributed by atoms with Crippen LogP contribution in [0.2, 0.25) is 0 Å². The number of likely N-dealkylation sites (tertiary alicyclic amines) is 1. The number of hydrogen-bond acceptors (Lipinski definition) is 5. The number of carbonyl (C=O) groups excluding carboxylic acids is 2. The molecule has 25 heavy (non-hydrogen) atoms. The van der Waals surface area contributed by atoms with Crippen molar-refractivity contribution >= 4 is 11.8 Å². The van der Waals surface area contributed by atoms with Crippen molar-refractivity contribution in [3.63, 3.8) is 0 Å². The van der Waals surface area contributed by atoms with Crippen molar-refractivity contribution in [2.75, 3.05) is 65.6 Å². The molecule has 0 aromatic carbocycles. The van der Waals surface area contributed by atoms with E-state index in [9.17, 15) is 9.59 Å². The zero-order valence-corrected chi connectivity index (χ0v) is 15.2. The Balaban J connectivity index is 1.35. The average Bonchev–Trinajstić information content (AvgIpc) is 2.89. The summed E-state index contributed by atoms with van der Waals surface area (Å²) in [5, 5.41) is 0. The van der Waals surface area contributed by atoms with E-state index in [0.29, 0.717) is 32.7 Å². The van der Waals surface area contributed by atoms with E-state index in [1.807, 2.05) is 9.80 Å². The zero-order valence-electron chi connectivity index (χ0n) is 15.2. The van der Waals surface area contributed by atoms with Gasteiger partial charge in [0.1, 0.15) is 0 Å². The lowest BCUT2D eigenvalue weighted by Gasteiger charge is -2.29. The van der Waals surface area contributed by atoms with E-state index in [-0.39, 0.29) is 17.9 Å². The van der Waals surface area contributed by atoms with Crippen LogP contribution in [-0.4, -0.2) is 98.3 Å². The molecule has 2 amide bonds. The minimum Gasteiger partial charge on any atom is -0.376 e. The summed E-state index contributed by atoms with van der Waals surface area (Å²) in [6, 6.07) is 0. The molecule has 7 heteroatoms. The molecular formula is C18H31N3O4. The minimum atomic E-state index is 0.161. The fourth-order valence-electron chi connectivity index (χ4n) is 3.85. The van der Waals surface area contributed by atoms with Gasteiger partial charge >= 0.3 is 0 Å². The number of carbonyl (C=O) groups is 2. The standard InChI is InChI=1S/C18H31N3O4/c22-17-4-1-7-20(17)8-2-5-18(23)21-9-3-6-19(10-11-21)14-16-15-24-12-13-25-16/h16H,1-15H2. The molecule has 0 N–H and O–H groups in total. The lowest BCUT2D eigenvalue weighted by Crippen LogP contribution is -2.42. The smallest absolute Gasteiger partial charge is 0.222 e. The minimum absolute atomic E-state index is 0.161. The largest absolute Gasteiger partial charge is 0.376 e. The van der Waals surface area contributed by atoms with Crippen LogP contribution < -0.4 is 0 Å². The van der Waals surface area contributed by atoms with Crippen LogP contribution in [0, 0.1) is 0 Å². The molecule has 3 aliphatic rings. The maximum absolute atomic E-state index is 12.5. The van der Waals surface area contributed by atoms with Gasteiger partial charge in [-0.1, -0.05) is 0 Å². The first-order valence-electron chi connectivity index (χ1n) is 9.69. The van der Waals surface area contributed by atoms with Crippen molar-refractivity contribution in [1.82, 2.24) is 14.7 Å². The highest BCUT2D eigenvalue weighted by Crippen LogP contribution is 2.12. The van der Waals surface area contributed by atoms with E-state index in [0.717, 1.165) is 65.1 Å². The molecule has 1 unspecified atom stereocenters. The Hall–Kier alpha value is -1.18. The quantitative estimate of drug-likeness (QED) is 0.689. The number of amides is 2. The molecule has 3 saturated heterocycles. The Bertz CT molecular complexity index is 454. The van der Waals surface area contributed by atoms with Crippen LogP contribution in [0.15, 0.2) is 0 Å². The van der Waals surface area contributed by atoms with E-state index in [1.165, 1.54) is 0 Å². The predicted molar refractivity (Wildman–Crippen MR) is 93.2 cm³/mol. The highest BCUT2D eigenvalue weighted by molar-refractivity contribution is 5.78. The molecule has 0 aromatic rings. The zero-order chi connectivity index (χ0) is 17.5. The first kappa shape index (κ1) is 18.6. The first-order valence-corrected chi connectivity index (χ1v) is 9.69. The van der Waals surface area contributed by atoms with Crippen LogP contribution in [0.25, 0.3) is 0 Å². The number of ether oxygens (including phenoxy) is 2. The van der Waals surface area contributed by atoms with Gasteiger partial charge in [0.05, 0.1) is 25.9 Å². The first-order chi connectivity index (χ1) is 12.2. The van der Waals surface area contributed by atoms with Crippen molar-refractivity contribution < 1.29 is 19.1 Å². The fourth-order valence-corrected chi connectivity index (χ4v) is 3.85. The van der Waals surface area contributed by atoms with Gasteiger partial charge in [0.15, 0.2) is 0 Å². The number of nitrogens with zero attached hydrogens (tertiary/aromatic N) is 3. The van der Waals surface area contributed by atoms with E-state index in [4.69, 9.17) is 9.47 Å². The van der Waals surface area contributed by atoms with E-state index in [1.54, 1.807) is 0 Å². The van der Waals surface area contributed by atoms with Crippen LogP contribution in [0.4, 0.5) is 0 Å². The maximum Gasteiger partial charge on any atom is 0.222 e. The molecule has 0 bridgehead atoms. The molecule has 3 rings (SSSR count). The van der Waals surface area contributed by atoms with Gasteiger partial charge in [-0.3, -0.25) is 14.5 Å². The number of hydrogen-bond donors (Lipinski definition) is 0. The summed E-state index contributed by atoms with van der Waals surface area (Å²) >= 11 is 0. The molecule has 142 valence electrons. The molecule has 0 aromatic heterocycles. The normalized spacial score (nSPS) is 26.1. The maximum atomic E-state index is 12.5. The summed E-state index contributed by atoms with van der Waals surface area (Å²) in [6.45, 7) is 8.05. The second-order valence-corrected chi connectivity index (χ2v) is 7.19. The van der Waals surface area contributed by atoms with Gasteiger partial charge < -0.3 is 19.3 Å². The van der Waals surface area contributed by atoms with Crippen LogP contribution >= 0.6 is 0 Å². The summed E-state index contributed by atoms with van der Waals surface area (Å²) in [5.41, 5.74) is 0. The van der Waals surface area contributed by atoms with Gasteiger partial charge in [-0.05, 0) is 25.8 Å². The highest BCUT2D eigenvalue weighted by Gasteiger charge is 2.24. The Morgan fingerprint density at radius 1 is 1.08 bits per heavy atom. The van der Waals surface area contributed by atoms with E-state index in [2.05, 4.69) is 4.90 Å². The molecule has 7 nitrogen and oxygen atoms in total. The SMILES string of the molecule is O=C1CCCN1CCCC(=O)N1CCCN(CC2COCCO2)CC1. The van der Waals surface area contributed by atoms with Gasteiger partial charge in [-0.2, -0.15) is 0 Å². The Morgan fingerprint density at radius 2 is 2.00 bits per heavy atom. The van der Waals surface area contributed by atoms with E-state index >= 15 is 0 Å². The molecular weight excluding hydrogens is 322 g/mol. The van der Waals surface area contributed by atoms with Gasteiger partial charge in [-0.25, -0.2) is 0 Å². The molecule has 1 atom stereocenters. The fraction of sp³-hybridized carbons (Fsp3) is 0.889. The summed E-state index contributed by atoms with van der Waals surface area (Å²) < 4.78 is 11.2. The Kier molecular flexibility index (Phi) is 7.07. The molecule has 0 aliphatic carbocycles. The summed E-state index contributed by atoms with van der Waals surface area (Å²) in [4.78, 5) is 30.3. The molecule has 0 spiro atoms. The average molecular weight is 353 g/mol. The third-order valence-electron chi connectivity index (χ3n) is 5.28. The van der Waals surface area contributed by atoms with Gasteiger partial charge in [-0.15, -0.1) is 0 Å². The summed E-state index contributed by atoms with van der Waals surface area (Å²) in [6.07, 6.45) is 4.12. The van der Waals surface area contributed by atoms with Crippen molar-refractivity contribution in [3.05, 3.63) is 0 Å². The predicted octanol–water partition coefficient (Wildman–Crippen LogP) is 0.339. The Labute approximate surface area is 150 Å². The van der Waals surface area contributed by atoms with E-state index < -0.39 is 0 Å². The number of rotatable bonds is 6. The second-order valence-electron chi connectivity index (χ2n) is 7.19. The monoisotopic (exact) mass is 353 g/mol. The topological polar surface area (TPSA) is 62.3 Å². The van der Waals surface area contributed by atoms with Crippen molar-refractivity contribution in [2.45, 2.75) is 38.2 Å². The Morgan fingerprint density at radius 3 is 2.76 bits per heavy atom. The lowest BCUT2D eigenvalue weighted by atomic mass is 10.2. The van der Waals surface area contributed by atoms with Crippen LogP contribution in [0.1, 0.15) is 32.1 Å². The molecule has 3 heterocycles. The molecule has 3 fully saturated rings. The second kappa shape index (κ2) is 9.50. The van der Waals surface area contributed by atoms with Crippen LogP contribution in [0.3, 0.4) is 0 Å². The third kappa shape index (κ3) is 5.66. The molecule has 0 radical (unpaired) electrons. The van der Waals surface area contributed by atoms with Gasteiger partial charge in [0, 0.05) is 52.1 Å². The van der Waals surface area contributed by atoms with Crippen molar-refractivity contribution in [1.29, 1.82) is 0 Å². The van der Waals surface area contributed by atoms with Crippen LogP contribution in [-0.2, 0) is 19.1 Å². The van der Waals surface area contributed by atoms with Gasteiger partial charge in [0.2, 0.25) is 11.8 Å². The third-order valence-corrected chi connectivity index (χ3v) is 5.28. The van der Waals surface area contributed by atoms with Crippen LogP contribution in [0.5, 0.6) is 0 Å². The summed E-state index contributed by atoms with van der Waals surface area (Å²) in [5.74, 6) is 0.470. The lowest BCUT2D eigenvalue weighted by molar-refractivity contribution is -0.132.